The molecule has 3 rings (SSSR count). The molecule has 146 valence electrons. The fraction of sp³-hybridized carbons (Fsp3) is 0.474. The van der Waals surface area contributed by atoms with Crippen LogP contribution in [0.1, 0.15) is 47.1 Å². The number of carbonyl (C=O) groups excluding carboxylic acids is 1. The molecule has 1 aromatic carbocycles. The number of amides is 1. The van der Waals surface area contributed by atoms with Gasteiger partial charge in [-0.05, 0) is 49.9 Å². The van der Waals surface area contributed by atoms with Crippen LogP contribution in [0.25, 0.3) is 0 Å². The summed E-state index contributed by atoms with van der Waals surface area (Å²) >= 11 is 0. The summed E-state index contributed by atoms with van der Waals surface area (Å²) in [6, 6.07) is 7.13. The average molecular weight is 381 g/mol. The van der Waals surface area contributed by atoms with Crippen molar-refractivity contribution in [3.63, 3.8) is 0 Å². The first-order valence-electron chi connectivity index (χ1n) is 8.90. The van der Waals surface area contributed by atoms with Crippen molar-refractivity contribution >= 4 is 11.6 Å². The fourth-order valence-electron chi connectivity index (χ4n) is 3.41. The molecule has 1 aliphatic rings. The summed E-state index contributed by atoms with van der Waals surface area (Å²) in [5.74, 6) is -1.58. The van der Waals surface area contributed by atoms with E-state index in [1.807, 2.05) is 12.1 Å². The van der Waals surface area contributed by atoms with Crippen molar-refractivity contribution < 1.29 is 22.5 Å². The van der Waals surface area contributed by atoms with Crippen molar-refractivity contribution in [1.29, 1.82) is 0 Å². The van der Waals surface area contributed by atoms with Gasteiger partial charge in [0.15, 0.2) is 0 Å². The van der Waals surface area contributed by atoms with Crippen molar-refractivity contribution in [2.24, 2.45) is 5.92 Å². The molecular formula is C19H22F3N3O2. The standard InChI is InChI=1S/C19H22F3N3O2/c1-12-4-3-9-25(10-12)11-14-5-7-15(8-6-14)23-18(26)16-13(2)24-27-17(16)19(20,21)22/h5-8,12H,3-4,9-11H2,1-2H3,(H,23,26). The van der Waals surface area contributed by atoms with Crippen LogP contribution in [-0.4, -0.2) is 29.1 Å². The number of anilines is 1. The number of rotatable bonds is 4. The highest BCUT2D eigenvalue weighted by Crippen LogP contribution is 2.33. The number of benzene rings is 1. The Hall–Kier alpha value is -2.35. The third-order valence-corrected chi connectivity index (χ3v) is 4.71. The Morgan fingerprint density at radius 1 is 1.33 bits per heavy atom. The van der Waals surface area contributed by atoms with E-state index in [4.69, 9.17) is 0 Å². The first kappa shape index (κ1) is 19.4. The second-order valence-corrected chi connectivity index (χ2v) is 7.10. The maximum atomic E-state index is 12.9. The number of piperidine rings is 1. The minimum Gasteiger partial charge on any atom is -0.351 e. The van der Waals surface area contributed by atoms with Gasteiger partial charge in [0.2, 0.25) is 0 Å². The molecule has 1 fully saturated rings. The third kappa shape index (κ3) is 4.68. The molecule has 0 radical (unpaired) electrons. The number of alkyl halides is 3. The van der Waals surface area contributed by atoms with E-state index in [1.54, 1.807) is 12.1 Å². The maximum absolute atomic E-state index is 12.9. The molecule has 1 aromatic heterocycles. The summed E-state index contributed by atoms with van der Waals surface area (Å²) in [5, 5.41) is 5.75. The van der Waals surface area contributed by atoms with Gasteiger partial charge in [-0.3, -0.25) is 9.69 Å². The van der Waals surface area contributed by atoms with Crippen LogP contribution in [0.5, 0.6) is 0 Å². The minimum absolute atomic E-state index is 0.101. The van der Waals surface area contributed by atoms with Crippen molar-refractivity contribution in [1.82, 2.24) is 10.1 Å². The molecule has 1 saturated heterocycles. The Kier molecular flexibility index (Phi) is 5.55. The van der Waals surface area contributed by atoms with Gasteiger partial charge in [0.05, 0.1) is 5.69 Å². The lowest BCUT2D eigenvalue weighted by molar-refractivity contribution is -0.155. The predicted molar refractivity (Wildman–Crippen MR) is 94.3 cm³/mol. The molecule has 8 heteroatoms. The molecule has 5 nitrogen and oxygen atoms in total. The van der Waals surface area contributed by atoms with Gasteiger partial charge in [0.1, 0.15) is 5.56 Å². The normalized spacial score (nSPS) is 18.5. The number of hydrogen-bond donors (Lipinski definition) is 1. The molecule has 0 saturated carbocycles. The van der Waals surface area contributed by atoms with Crippen molar-refractivity contribution in [3.8, 4) is 0 Å². The summed E-state index contributed by atoms with van der Waals surface area (Å²) in [6.07, 6.45) is -2.33. The second kappa shape index (κ2) is 7.72. The van der Waals surface area contributed by atoms with Gasteiger partial charge in [-0.15, -0.1) is 0 Å². The van der Waals surface area contributed by atoms with E-state index in [0.717, 1.165) is 25.2 Å². The van der Waals surface area contributed by atoms with Gasteiger partial charge >= 0.3 is 6.18 Å². The molecule has 1 amide bonds. The van der Waals surface area contributed by atoms with Gasteiger partial charge in [0, 0.05) is 18.8 Å². The lowest BCUT2D eigenvalue weighted by Gasteiger charge is -2.30. The Morgan fingerprint density at radius 3 is 2.67 bits per heavy atom. The smallest absolute Gasteiger partial charge is 0.351 e. The van der Waals surface area contributed by atoms with Crippen LogP contribution in [0.15, 0.2) is 28.8 Å². The fourth-order valence-corrected chi connectivity index (χ4v) is 3.41. The van der Waals surface area contributed by atoms with E-state index in [2.05, 4.69) is 26.8 Å². The summed E-state index contributed by atoms with van der Waals surface area (Å²) in [6.45, 7) is 6.49. The topological polar surface area (TPSA) is 58.4 Å². The highest BCUT2D eigenvalue weighted by Gasteiger charge is 2.42. The monoisotopic (exact) mass is 381 g/mol. The molecule has 0 spiro atoms. The van der Waals surface area contributed by atoms with E-state index in [0.29, 0.717) is 11.6 Å². The van der Waals surface area contributed by atoms with Gasteiger partial charge in [-0.1, -0.05) is 24.2 Å². The van der Waals surface area contributed by atoms with E-state index in [9.17, 15) is 18.0 Å². The number of nitrogens with zero attached hydrogens (tertiary/aromatic N) is 2. The average Bonchev–Trinajstić information content (AvgIpc) is 2.99. The Morgan fingerprint density at radius 2 is 2.04 bits per heavy atom. The molecule has 1 atom stereocenters. The minimum atomic E-state index is -4.77. The molecule has 1 N–H and O–H groups in total. The van der Waals surface area contributed by atoms with Crippen LogP contribution in [0, 0.1) is 12.8 Å². The first-order chi connectivity index (χ1) is 12.7. The van der Waals surface area contributed by atoms with Gasteiger partial charge in [-0.25, -0.2) is 0 Å². The zero-order valence-electron chi connectivity index (χ0n) is 15.3. The summed E-state index contributed by atoms with van der Waals surface area (Å²) < 4.78 is 43.1. The van der Waals surface area contributed by atoms with E-state index < -0.39 is 23.4 Å². The van der Waals surface area contributed by atoms with Crippen LogP contribution in [0.4, 0.5) is 18.9 Å². The quantitative estimate of drug-likeness (QED) is 0.848. The highest BCUT2D eigenvalue weighted by molar-refractivity contribution is 6.05. The number of hydrogen-bond acceptors (Lipinski definition) is 4. The largest absolute Gasteiger partial charge is 0.453 e. The van der Waals surface area contributed by atoms with Gasteiger partial charge in [0.25, 0.3) is 11.7 Å². The molecule has 1 unspecified atom stereocenters. The molecule has 1 aliphatic heterocycles. The summed E-state index contributed by atoms with van der Waals surface area (Å²) in [7, 11) is 0. The second-order valence-electron chi connectivity index (χ2n) is 7.10. The lowest BCUT2D eigenvalue weighted by Crippen LogP contribution is -2.33. The number of nitrogens with one attached hydrogen (secondary N) is 1. The molecule has 2 aromatic rings. The predicted octanol–water partition coefficient (Wildman–Crippen LogP) is 4.49. The highest BCUT2D eigenvalue weighted by atomic mass is 19.4. The van der Waals surface area contributed by atoms with Crippen LogP contribution >= 0.6 is 0 Å². The zero-order valence-corrected chi connectivity index (χ0v) is 15.3. The summed E-state index contributed by atoms with van der Waals surface area (Å²) in [4.78, 5) is 14.7. The van der Waals surface area contributed by atoms with Crippen molar-refractivity contribution in [3.05, 3.63) is 46.8 Å². The SMILES string of the molecule is Cc1noc(C(F)(F)F)c1C(=O)Nc1ccc(CN2CCCC(C)C2)cc1. The first-order valence-corrected chi connectivity index (χ1v) is 8.90. The van der Waals surface area contributed by atoms with Crippen LogP contribution in [0.3, 0.4) is 0 Å². The molecule has 27 heavy (non-hydrogen) atoms. The Labute approximate surface area is 155 Å². The lowest BCUT2D eigenvalue weighted by atomic mass is 10.00. The van der Waals surface area contributed by atoms with Gasteiger partial charge < -0.3 is 9.84 Å². The maximum Gasteiger partial charge on any atom is 0.453 e. The van der Waals surface area contributed by atoms with Crippen LogP contribution in [-0.2, 0) is 12.7 Å². The number of carbonyl (C=O) groups is 1. The van der Waals surface area contributed by atoms with E-state index >= 15 is 0 Å². The Bertz CT molecular complexity index is 800. The number of aryl methyl sites for hydroxylation is 1. The van der Waals surface area contributed by atoms with E-state index in [1.165, 1.54) is 19.8 Å². The number of likely N-dealkylation sites (tertiary alicyclic amines) is 1. The third-order valence-electron chi connectivity index (χ3n) is 4.71. The van der Waals surface area contributed by atoms with Crippen LogP contribution < -0.4 is 5.32 Å². The zero-order chi connectivity index (χ0) is 19.6. The van der Waals surface area contributed by atoms with Crippen LogP contribution in [0.2, 0.25) is 0 Å². The molecule has 0 bridgehead atoms. The summed E-state index contributed by atoms with van der Waals surface area (Å²) in [5.41, 5.74) is 0.827. The molecule has 0 aliphatic carbocycles. The molecular weight excluding hydrogens is 359 g/mol. The van der Waals surface area contributed by atoms with Gasteiger partial charge in [-0.2, -0.15) is 13.2 Å². The van der Waals surface area contributed by atoms with Crippen molar-refractivity contribution in [2.45, 2.75) is 39.4 Å². The number of halogens is 3. The van der Waals surface area contributed by atoms with Crippen molar-refractivity contribution in [2.75, 3.05) is 18.4 Å². The Balaban J connectivity index is 1.67. The van der Waals surface area contributed by atoms with E-state index in [-0.39, 0.29) is 5.69 Å². The molecule has 2 heterocycles. The number of aromatic nitrogens is 1.